The van der Waals surface area contributed by atoms with Crippen LogP contribution in [0.1, 0.15) is 32.6 Å². The molecule has 2 amide bonds. The Labute approximate surface area is 126 Å². The predicted octanol–water partition coefficient (Wildman–Crippen LogP) is 1.06. The molecule has 2 heterocycles. The molecule has 0 aliphatic carbocycles. The van der Waals surface area contributed by atoms with Gasteiger partial charge in [0.2, 0.25) is 0 Å². The lowest BCUT2D eigenvalue weighted by Crippen LogP contribution is -2.51. The molecule has 1 aliphatic heterocycles. The van der Waals surface area contributed by atoms with E-state index in [1.807, 2.05) is 13.8 Å². The van der Waals surface area contributed by atoms with Crippen LogP contribution in [0.5, 0.6) is 0 Å². The maximum Gasteiger partial charge on any atom is 0.327 e. The minimum atomic E-state index is -0.979. The van der Waals surface area contributed by atoms with Crippen molar-refractivity contribution in [3.05, 3.63) is 12.2 Å². The Kier molecular flexibility index (Phi) is 4.71. The molecule has 3 unspecified atom stereocenters. The van der Waals surface area contributed by atoms with Crippen LogP contribution in [-0.2, 0) is 4.79 Å². The average Bonchev–Trinajstić information content (AvgIpc) is 3.07. The van der Waals surface area contributed by atoms with Crippen molar-refractivity contribution in [3.8, 4) is 0 Å². The van der Waals surface area contributed by atoms with Crippen LogP contribution in [0.4, 0.5) is 4.79 Å². The van der Waals surface area contributed by atoms with Gasteiger partial charge in [-0.2, -0.15) is 5.10 Å². The number of carboxylic acids is 1. The molecule has 116 valence electrons. The van der Waals surface area contributed by atoms with Crippen LogP contribution in [0.3, 0.4) is 0 Å². The van der Waals surface area contributed by atoms with Gasteiger partial charge < -0.3 is 10.4 Å². The molecule has 1 aromatic heterocycles. The Hall–Kier alpha value is -1.77. The predicted molar refractivity (Wildman–Crippen MR) is 77.7 cm³/mol. The minimum Gasteiger partial charge on any atom is -0.480 e. The van der Waals surface area contributed by atoms with E-state index in [4.69, 9.17) is 0 Å². The van der Waals surface area contributed by atoms with Gasteiger partial charge in [-0.1, -0.05) is 13.8 Å². The van der Waals surface area contributed by atoms with Gasteiger partial charge in [0.25, 0.3) is 0 Å². The fraction of sp³-hybridized carbons (Fsp3) is 0.667. The SMILES string of the molecule is CC(NC(=O)N1C(C(=O)O)CSC1C(C)C)c1ncn[nH]1. The number of H-pyrrole nitrogens is 1. The molecule has 0 spiro atoms. The van der Waals surface area contributed by atoms with Crippen LogP contribution < -0.4 is 5.32 Å². The molecule has 1 saturated heterocycles. The molecule has 1 aromatic rings. The topological polar surface area (TPSA) is 111 Å². The highest BCUT2D eigenvalue weighted by Gasteiger charge is 2.43. The molecular formula is C12H19N5O3S. The standard InChI is InChI=1S/C12H19N5O3S/c1-6(2)10-17(8(4-21-10)11(18)19)12(20)15-7(3)9-13-5-14-16-9/h5-8,10H,4H2,1-3H3,(H,15,20)(H,18,19)(H,13,14,16). The Morgan fingerprint density at radius 3 is 2.76 bits per heavy atom. The molecule has 0 aromatic carbocycles. The lowest BCUT2D eigenvalue weighted by Gasteiger charge is -2.30. The number of hydrogen-bond donors (Lipinski definition) is 3. The van der Waals surface area contributed by atoms with Crippen molar-refractivity contribution >= 4 is 23.8 Å². The zero-order chi connectivity index (χ0) is 15.6. The lowest BCUT2D eigenvalue weighted by molar-refractivity contribution is -0.141. The molecule has 3 atom stereocenters. The van der Waals surface area contributed by atoms with Gasteiger partial charge in [-0.05, 0) is 12.8 Å². The number of thioether (sulfide) groups is 1. The second-order valence-corrected chi connectivity index (χ2v) is 6.42. The lowest BCUT2D eigenvalue weighted by atomic mass is 10.1. The summed E-state index contributed by atoms with van der Waals surface area (Å²) in [5.74, 6) is 0.129. The number of urea groups is 1. The molecule has 2 rings (SSSR count). The van der Waals surface area contributed by atoms with Crippen LogP contribution >= 0.6 is 11.8 Å². The van der Waals surface area contributed by atoms with Crippen molar-refractivity contribution in [2.45, 2.75) is 38.2 Å². The first kappa shape index (κ1) is 15.6. The fourth-order valence-corrected chi connectivity index (χ4v) is 3.71. The first-order valence-electron chi connectivity index (χ1n) is 6.70. The smallest absolute Gasteiger partial charge is 0.327 e. The van der Waals surface area contributed by atoms with Crippen LogP contribution in [0.2, 0.25) is 0 Å². The van der Waals surface area contributed by atoms with E-state index >= 15 is 0 Å². The van der Waals surface area contributed by atoms with Gasteiger partial charge in [0.05, 0.1) is 11.4 Å². The van der Waals surface area contributed by atoms with Crippen molar-refractivity contribution < 1.29 is 14.7 Å². The molecule has 21 heavy (non-hydrogen) atoms. The molecule has 0 saturated carbocycles. The highest BCUT2D eigenvalue weighted by atomic mass is 32.2. The number of carbonyl (C=O) groups excluding carboxylic acids is 1. The van der Waals surface area contributed by atoms with E-state index in [1.165, 1.54) is 23.0 Å². The molecule has 8 nitrogen and oxygen atoms in total. The number of aromatic nitrogens is 3. The van der Waals surface area contributed by atoms with Gasteiger partial charge >= 0.3 is 12.0 Å². The van der Waals surface area contributed by atoms with Gasteiger partial charge in [0, 0.05) is 5.75 Å². The van der Waals surface area contributed by atoms with Gasteiger partial charge in [-0.3, -0.25) is 10.00 Å². The number of aromatic amines is 1. The fourth-order valence-electron chi connectivity index (χ4n) is 2.24. The molecule has 0 radical (unpaired) electrons. The first-order chi connectivity index (χ1) is 9.91. The van der Waals surface area contributed by atoms with E-state index in [-0.39, 0.29) is 17.3 Å². The molecule has 1 aliphatic rings. The summed E-state index contributed by atoms with van der Waals surface area (Å²) < 4.78 is 0. The molecule has 9 heteroatoms. The maximum atomic E-state index is 12.5. The van der Waals surface area contributed by atoms with E-state index in [9.17, 15) is 14.7 Å². The number of aliphatic carboxylic acids is 1. The number of amides is 2. The van der Waals surface area contributed by atoms with Crippen molar-refractivity contribution in [2.24, 2.45) is 5.92 Å². The van der Waals surface area contributed by atoms with E-state index in [0.29, 0.717) is 11.6 Å². The zero-order valence-electron chi connectivity index (χ0n) is 12.1. The number of hydrogen-bond acceptors (Lipinski definition) is 5. The van der Waals surface area contributed by atoms with Crippen molar-refractivity contribution in [1.82, 2.24) is 25.4 Å². The second-order valence-electron chi connectivity index (χ2n) is 5.27. The molecule has 0 bridgehead atoms. The number of nitrogens with one attached hydrogen (secondary N) is 2. The van der Waals surface area contributed by atoms with E-state index in [1.54, 1.807) is 6.92 Å². The Morgan fingerprint density at radius 2 is 2.24 bits per heavy atom. The van der Waals surface area contributed by atoms with Crippen molar-refractivity contribution in [2.75, 3.05) is 5.75 Å². The third-order valence-electron chi connectivity index (χ3n) is 3.31. The molecule has 3 N–H and O–H groups in total. The summed E-state index contributed by atoms with van der Waals surface area (Å²) in [6, 6.07) is -1.56. The highest BCUT2D eigenvalue weighted by molar-refractivity contribution is 8.00. The number of nitrogens with zero attached hydrogens (tertiary/aromatic N) is 3. The number of carboxylic acid groups (broad SMARTS) is 1. The number of rotatable bonds is 4. The van der Waals surface area contributed by atoms with Crippen LogP contribution in [0, 0.1) is 5.92 Å². The van der Waals surface area contributed by atoms with E-state index < -0.39 is 18.0 Å². The monoisotopic (exact) mass is 313 g/mol. The largest absolute Gasteiger partial charge is 0.480 e. The second kappa shape index (κ2) is 6.33. The van der Waals surface area contributed by atoms with Crippen LogP contribution in [-0.4, -0.2) is 54.4 Å². The quantitative estimate of drug-likeness (QED) is 0.766. The normalized spacial score (nSPS) is 23.3. The van der Waals surface area contributed by atoms with Crippen molar-refractivity contribution in [1.29, 1.82) is 0 Å². The summed E-state index contributed by atoms with van der Waals surface area (Å²) in [7, 11) is 0. The summed E-state index contributed by atoms with van der Waals surface area (Å²) in [6.07, 6.45) is 1.36. The average molecular weight is 313 g/mol. The van der Waals surface area contributed by atoms with E-state index in [0.717, 1.165) is 0 Å². The van der Waals surface area contributed by atoms with Crippen molar-refractivity contribution in [3.63, 3.8) is 0 Å². The number of carbonyl (C=O) groups is 2. The van der Waals surface area contributed by atoms with Gasteiger partial charge in [0.1, 0.15) is 18.2 Å². The maximum absolute atomic E-state index is 12.5. The summed E-state index contributed by atoms with van der Waals surface area (Å²) >= 11 is 1.50. The third-order valence-corrected chi connectivity index (χ3v) is 4.93. The summed E-state index contributed by atoms with van der Waals surface area (Å²) in [4.78, 5) is 29.2. The summed E-state index contributed by atoms with van der Waals surface area (Å²) in [5.41, 5.74) is 0. The molecular weight excluding hydrogens is 294 g/mol. The van der Waals surface area contributed by atoms with E-state index in [2.05, 4.69) is 20.5 Å². The highest BCUT2D eigenvalue weighted by Crippen LogP contribution is 2.34. The Morgan fingerprint density at radius 1 is 1.52 bits per heavy atom. The summed E-state index contributed by atoms with van der Waals surface area (Å²) in [6.45, 7) is 5.71. The Bertz CT molecular complexity index is 507. The van der Waals surface area contributed by atoms with Crippen LogP contribution in [0.15, 0.2) is 6.33 Å². The van der Waals surface area contributed by atoms with Gasteiger partial charge in [-0.25, -0.2) is 14.6 Å². The minimum absolute atomic E-state index is 0.145. The molecule has 1 fully saturated rings. The Balaban J connectivity index is 2.11. The van der Waals surface area contributed by atoms with Gasteiger partial charge in [0.15, 0.2) is 0 Å². The third kappa shape index (κ3) is 3.29. The summed E-state index contributed by atoms with van der Waals surface area (Å²) in [5, 5.41) is 18.3. The van der Waals surface area contributed by atoms with Crippen LogP contribution in [0.25, 0.3) is 0 Å². The van der Waals surface area contributed by atoms with Gasteiger partial charge in [-0.15, -0.1) is 11.8 Å². The zero-order valence-corrected chi connectivity index (χ0v) is 12.9. The first-order valence-corrected chi connectivity index (χ1v) is 7.75.